The molecule has 5 nitrogen and oxygen atoms in total. The molecule has 0 bridgehead atoms. The predicted molar refractivity (Wildman–Crippen MR) is 89.0 cm³/mol. The average molecular weight is 321 g/mol. The molecule has 1 unspecified atom stereocenters. The highest BCUT2D eigenvalue weighted by atomic mass is 16.6. The molecule has 5 heteroatoms. The quantitative estimate of drug-likeness (QED) is 0.799. The minimum absolute atomic E-state index is 0.0540. The van der Waals surface area contributed by atoms with Gasteiger partial charge in [-0.15, -0.1) is 0 Å². The Morgan fingerprint density at radius 1 is 1.26 bits per heavy atom. The summed E-state index contributed by atoms with van der Waals surface area (Å²) in [6, 6.07) is 5.92. The Bertz CT molecular complexity index is 516. The first-order valence-corrected chi connectivity index (χ1v) is 8.35. The first-order valence-electron chi connectivity index (χ1n) is 8.35. The molecule has 0 spiro atoms. The minimum Gasteiger partial charge on any atom is -0.486 e. The monoisotopic (exact) mass is 321 g/mol. The third kappa shape index (κ3) is 5.43. The highest BCUT2D eigenvalue weighted by molar-refractivity contribution is 5.76. The van der Waals surface area contributed by atoms with Crippen LogP contribution in [0.25, 0.3) is 0 Å². The van der Waals surface area contributed by atoms with E-state index in [1.54, 1.807) is 0 Å². The Hall–Kier alpha value is -1.75. The van der Waals surface area contributed by atoms with Gasteiger partial charge in [0.15, 0.2) is 11.5 Å². The van der Waals surface area contributed by atoms with Crippen molar-refractivity contribution in [2.24, 2.45) is 5.92 Å². The lowest BCUT2D eigenvalue weighted by molar-refractivity contribution is -0.122. The number of fused-ring (bicyclic) bond motifs is 1. The molecule has 1 aliphatic heterocycles. The van der Waals surface area contributed by atoms with Crippen molar-refractivity contribution in [1.29, 1.82) is 0 Å². The standard InChI is InChI=1S/C18H27NO4/c1-4-21-12-15(13(2)3)19-18(20)8-6-14-5-7-16-17(11-14)23-10-9-22-16/h5,7,11,13,15H,4,6,8-10,12H2,1-3H3,(H,19,20). The zero-order chi connectivity index (χ0) is 16.7. The van der Waals surface area contributed by atoms with Gasteiger partial charge in [0.25, 0.3) is 0 Å². The summed E-state index contributed by atoms with van der Waals surface area (Å²) >= 11 is 0. The van der Waals surface area contributed by atoms with Crippen molar-refractivity contribution in [2.45, 2.75) is 39.7 Å². The Morgan fingerprint density at radius 2 is 2.00 bits per heavy atom. The largest absolute Gasteiger partial charge is 0.486 e. The van der Waals surface area contributed by atoms with Gasteiger partial charge in [-0.05, 0) is 37.0 Å². The van der Waals surface area contributed by atoms with Crippen LogP contribution in [-0.2, 0) is 16.0 Å². The van der Waals surface area contributed by atoms with Gasteiger partial charge in [0.2, 0.25) is 5.91 Å². The smallest absolute Gasteiger partial charge is 0.220 e. The van der Waals surface area contributed by atoms with Crippen LogP contribution in [0.2, 0.25) is 0 Å². The van der Waals surface area contributed by atoms with Crippen molar-refractivity contribution in [3.8, 4) is 11.5 Å². The fourth-order valence-electron chi connectivity index (χ4n) is 2.43. The average Bonchev–Trinajstić information content (AvgIpc) is 2.56. The second kappa shape index (κ2) is 8.77. The third-order valence-electron chi connectivity index (χ3n) is 3.90. The third-order valence-corrected chi connectivity index (χ3v) is 3.90. The molecular weight excluding hydrogens is 294 g/mol. The van der Waals surface area contributed by atoms with Gasteiger partial charge < -0.3 is 19.5 Å². The lowest BCUT2D eigenvalue weighted by Gasteiger charge is -2.22. The second-order valence-electron chi connectivity index (χ2n) is 6.06. The fraction of sp³-hybridized carbons (Fsp3) is 0.611. The second-order valence-corrected chi connectivity index (χ2v) is 6.06. The van der Waals surface area contributed by atoms with E-state index in [1.807, 2.05) is 25.1 Å². The number of aryl methyl sites for hydroxylation is 1. The molecule has 23 heavy (non-hydrogen) atoms. The van der Waals surface area contributed by atoms with Crippen LogP contribution in [0.5, 0.6) is 11.5 Å². The summed E-state index contributed by atoms with van der Waals surface area (Å²) in [4.78, 5) is 12.2. The summed E-state index contributed by atoms with van der Waals surface area (Å²) in [6.45, 7) is 8.52. The van der Waals surface area contributed by atoms with E-state index in [9.17, 15) is 4.79 Å². The number of benzene rings is 1. The SMILES string of the molecule is CCOCC(NC(=O)CCc1ccc2c(c1)OCCO2)C(C)C. The van der Waals surface area contributed by atoms with Gasteiger partial charge in [0, 0.05) is 13.0 Å². The Kier molecular flexibility index (Phi) is 6.71. The van der Waals surface area contributed by atoms with E-state index >= 15 is 0 Å². The predicted octanol–water partition coefficient (Wildman–Crippen LogP) is 2.57. The normalized spacial score (nSPS) is 14.6. The number of hydrogen-bond donors (Lipinski definition) is 1. The fourth-order valence-corrected chi connectivity index (χ4v) is 2.43. The van der Waals surface area contributed by atoms with Crippen molar-refractivity contribution in [3.63, 3.8) is 0 Å². The lowest BCUT2D eigenvalue weighted by atomic mass is 10.0. The van der Waals surface area contributed by atoms with Crippen molar-refractivity contribution < 1.29 is 19.0 Å². The van der Waals surface area contributed by atoms with E-state index in [0.717, 1.165) is 17.1 Å². The van der Waals surface area contributed by atoms with E-state index in [-0.39, 0.29) is 11.9 Å². The van der Waals surface area contributed by atoms with E-state index < -0.39 is 0 Å². The van der Waals surface area contributed by atoms with Crippen LogP contribution in [0.4, 0.5) is 0 Å². The Morgan fingerprint density at radius 3 is 2.70 bits per heavy atom. The van der Waals surface area contributed by atoms with Gasteiger partial charge in [-0.3, -0.25) is 4.79 Å². The van der Waals surface area contributed by atoms with Gasteiger partial charge in [0.1, 0.15) is 13.2 Å². The van der Waals surface area contributed by atoms with Gasteiger partial charge in [0.05, 0.1) is 12.6 Å². The topological polar surface area (TPSA) is 56.8 Å². The summed E-state index contributed by atoms with van der Waals surface area (Å²) in [5.74, 6) is 1.95. The Balaban J connectivity index is 1.83. The molecule has 1 aromatic rings. The van der Waals surface area contributed by atoms with Crippen LogP contribution >= 0.6 is 0 Å². The highest BCUT2D eigenvalue weighted by Gasteiger charge is 2.17. The van der Waals surface area contributed by atoms with Crippen LogP contribution in [0.15, 0.2) is 18.2 Å². The summed E-state index contributed by atoms with van der Waals surface area (Å²) in [6.07, 6.45) is 1.14. The molecular formula is C18H27NO4. The molecule has 0 saturated carbocycles. The van der Waals surface area contributed by atoms with E-state index in [1.165, 1.54) is 0 Å². The molecule has 128 valence electrons. The van der Waals surface area contributed by atoms with Crippen molar-refractivity contribution in [2.75, 3.05) is 26.4 Å². The van der Waals surface area contributed by atoms with Crippen LogP contribution in [-0.4, -0.2) is 38.4 Å². The maximum Gasteiger partial charge on any atom is 0.220 e. The van der Waals surface area contributed by atoms with E-state index in [2.05, 4.69) is 19.2 Å². The molecule has 0 radical (unpaired) electrons. The maximum atomic E-state index is 12.2. The summed E-state index contributed by atoms with van der Waals surface area (Å²) in [5.41, 5.74) is 1.08. The zero-order valence-electron chi connectivity index (χ0n) is 14.3. The number of carbonyl (C=O) groups is 1. The number of hydrogen-bond acceptors (Lipinski definition) is 4. The van der Waals surface area contributed by atoms with Gasteiger partial charge >= 0.3 is 0 Å². The van der Waals surface area contributed by atoms with Crippen molar-refractivity contribution >= 4 is 5.91 Å². The molecule has 1 aromatic carbocycles. The number of nitrogens with one attached hydrogen (secondary N) is 1. The Labute approximate surface area is 138 Å². The van der Waals surface area contributed by atoms with E-state index in [0.29, 0.717) is 45.2 Å². The van der Waals surface area contributed by atoms with Gasteiger partial charge in [-0.2, -0.15) is 0 Å². The molecule has 1 heterocycles. The molecule has 1 amide bonds. The van der Waals surface area contributed by atoms with Gasteiger partial charge in [-0.1, -0.05) is 19.9 Å². The number of ether oxygens (including phenoxy) is 3. The first-order chi connectivity index (χ1) is 11.1. The van der Waals surface area contributed by atoms with Crippen LogP contribution in [0.3, 0.4) is 0 Å². The van der Waals surface area contributed by atoms with Crippen molar-refractivity contribution in [1.82, 2.24) is 5.32 Å². The lowest BCUT2D eigenvalue weighted by Crippen LogP contribution is -2.42. The highest BCUT2D eigenvalue weighted by Crippen LogP contribution is 2.31. The molecule has 1 atom stereocenters. The molecule has 1 N–H and O–H groups in total. The summed E-state index contributed by atoms with van der Waals surface area (Å²) < 4.78 is 16.5. The molecule has 0 fully saturated rings. The molecule has 1 aliphatic rings. The molecule has 0 aliphatic carbocycles. The maximum absolute atomic E-state index is 12.2. The molecule has 2 rings (SSSR count). The summed E-state index contributed by atoms with van der Waals surface area (Å²) in [5, 5.41) is 3.06. The molecule has 0 saturated heterocycles. The minimum atomic E-state index is 0.0540. The van der Waals surface area contributed by atoms with E-state index in [4.69, 9.17) is 14.2 Å². The number of amides is 1. The van der Waals surface area contributed by atoms with Crippen LogP contribution in [0, 0.1) is 5.92 Å². The zero-order valence-corrected chi connectivity index (χ0v) is 14.3. The number of rotatable bonds is 8. The first kappa shape index (κ1) is 17.6. The van der Waals surface area contributed by atoms with Gasteiger partial charge in [-0.25, -0.2) is 0 Å². The van der Waals surface area contributed by atoms with Crippen molar-refractivity contribution in [3.05, 3.63) is 23.8 Å². The van der Waals surface area contributed by atoms with Crippen LogP contribution in [0.1, 0.15) is 32.8 Å². The summed E-state index contributed by atoms with van der Waals surface area (Å²) in [7, 11) is 0. The molecule has 0 aromatic heterocycles. The van der Waals surface area contributed by atoms with Crippen LogP contribution < -0.4 is 14.8 Å². The number of carbonyl (C=O) groups excluding carboxylic acids is 1.